The largest absolute Gasteiger partial charge is 0.480 e. The van der Waals surface area contributed by atoms with E-state index in [9.17, 15) is 18.0 Å². The van der Waals surface area contributed by atoms with Crippen molar-refractivity contribution in [2.45, 2.75) is 24.8 Å². The van der Waals surface area contributed by atoms with E-state index >= 15 is 0 Å². The molecule has 1 aromatic rings. The number of sulfonamides is 1. The van der Waals surface area contributed by atoms with Crippen LogP contribution in [0.1, 0.15) is 22.8 Å². The van der Waals surface area contributed by atoms with Crippen LogP contribution in [-0.4, -0.2) is 51.7 Å². The Hall–Kier alpha value is -1.97. The first-order valence-corrected chi connectivity index (χ1v) is 8.30. The molecular weight excluding hydrogens is 324 g/mol. The second kappa shape index (κ2) is 8.04. The van der Waals surface area contributed by atoms with Gasteiger partial charge in [-0.2, -0.15) is 0 Å². The molecule has 8 nitrogen and oxygen atoms in total. The molecule has 0 aromatic heterocycles. The molecule has 0 aliphatic rings. The lowest BCUT2D eigenvalue weighted by molar-refractivity contribution is -0.138. The Balaban J connectivity index is 3.03. The van der Waals surface area contributed by atoms with Crippen molar-refractivity contribution in [3.8, 4) is 0 Å². The van der Waals surface area contributed by atoms with Crippen LogP contribution in [-0.2, 0) is 19.6 Å². The minimum absolute atomic E-state index is 0.0765. The lowest BCUT2D eigenvalue weighted by atomic mass is 10.1. The predicted octanol–water partition coefficient (Wildman–Crippen LogP) is 0.123. The van der Waals surface area contributed by atoms with E-state index in [1.54, 1.807) is 6.92 Å². The number of carboxylic acid groups (broad SMARTS) is 1. The van der Waals surface area contributed by atoms with Crippen LogP contribution in [0.5, 0.6) is 0 Å². The summed E-state index contributed by atoms with van der Waals surface area (Å²) in [5, 5.41) is 11.1. The molecule has 1 atom stereocenters. The summed E-state index contributed by atoms with van der Waals surface area (Å²) in [6.07, 6.45) is 0. The molecule has 0 bridgehead atoms. The highest BCUT2D eigenvalue weighted by atomic mass is 32.2. The van der Waals surface area contributed by atoms with Gasteiger partial charge in [0, 0.05) is 19.2 Å². The summed E-state index contributed by atoms with van der Waals surface area (Å²) >= 11 is 0. The Kier molecular flexibility index (Phi) is 6.67. The van der Waals surface area contributed by atoms with Crippen molar-refractivity contribution >= 4 is 21.9 Å². The smallest absolute Gasteiger partial charge is 0.325 e. The van der Waals surface area contributed by atoms with Crippen LogP contribution in [0.15, 0.2) is 23.1 Å². The summed E-state index contributed by atoms with van der Waals surface area (Å²) < 4.78 is 31.4. The number of amides is 1. The fourth-order valence-corrected chi connectivity index (χ4v) is 2.75. The number of aryl methyl sites for hydroxylation is 1. The van der Waals surface area contributed by atoms with Crippen LogP contribution >= 0.6 is 0 Å². The summed E-state index contributed by atoms with van der Waals surface area (Å²) in [5.41, 5.74) is 0.642. The zero-order chi connectivity index (χ0) is 17.6. The van der Waals surface area contributed by atoms with Crippen molar-refractivity contribution < 1.29 is 27.9 Å². The molecule has 1 amide bonds. The Morgan fingerprint density at radius 1 is 1.35 bits per heavy atom. The summed E-state index contributed by atoms with van der Waals surface area (Å²) in [4.78, 5) is 22.8. The van der Waals surface area contributed by atoms with Crippen LogP contribution in [0.4, 0.5) is 0 Å². The van der Waals surface area contributed by atoms with Crippen molar-refractivity contribution in [2.75, 3.05) is 20.3 Å². The number of hydrogen-bond donors (Lipinski definition) is 3. The van der Waals surface area contributed by atoms with E-state index in [2.05, 4.69) is 10.0 Å². The molecule has 23 heavy (non-hydrogen) atoms. The molecule has 1 aromatic carbocycles. The van der Waals surface area contributed by atoms with Crippen LogP contribution < -0.4 is 10.0 Å². The van der Waals surface area contributed by atoms with Crippen molar-refractivity contribution in [3.05, 3.63) is 29.3 Å². The third-order valence-electron chi connectivity index (χ3n) is 3.08. The van der Waals surface area contributed by atoms with E-state index in [4.69, 9.17) is 9.84 Å². The van der Waals surface area contributed by atoms with Crippen molar-refractivity contribution in [1.29, 1.82) is 0 Å². The lowest BCUT2D eigenvalue weighted by Crippen LogP contribution is -2.38. The average Bonchev–Trinajstić information content (AvgIpc) is 2.47. The highest BCUT2D eigenvalue weighted by Gasteiger charge is 2.20. The molecular formula is C14H20N2O6S. The molecule has 0 aliphatic carbocycles. The number of nitrogens with one attached hydrogen (secondary N) is 2. The Morgan fingerprint density at radius 2 is 2.00 bits per heavy atom. The molecule has 1 rings (SSSR count). The minimum Gasteiger partial charge on any atom is -0.480 e. The van der Waals surface area contributed by atoms with Crippen molar-refractivity contribution in [2.24, 2.45) is 0 Å². The monoisotopic (exact) mass is 344 g/mol. The molecule has 3 N–H and O–H groups in total. The van der Waals surface area contributed by atoms with Gasteiger partial charge in [-0.05, 0) is 31.5 Å². The maximum absolute atomic E-state index is 12.1. The Labute approximate surface area is 134 Å². The highest BCUT2D eigenvalue weighted by Crippen LogP contribution is 2.16. The van der Waals surface area contributed by atoms with Gasteiger partial charge in [0.05, 0.1) is 11.5 Å². The maximum atomic E-state index is 12.1. The molecule has 0 saturated heterocycles. The van der Waals surface area contributed by atoms with Crippen LogP contribution in [0.3, 0.4) is 0 Å². The summed E-state index contributed by atoms with van der Waals surface area (Å²) in [6.45, 7) is 3.27. The van der Waals surface area contributed by atoms with E-state index in [0.717, 1.165) is 0 Å². The highest BCUT2D eigenvalue weighted by molar-refractivity contribution is 7.89. The number of hydrogen-bond acceptors (Lipinski definition) is 5. The van der Waals surface area contributed by atoms with Gasteiger partial charge in [0.25, 0.3) is 5.91 Å². The molecule has 0 fully saturated rings. The zero-order valence-electron chi connectivity index (χ0n) is 13.1. The van der Waals surface area contributed by atoms with Gasteiger partial charge in [-0.15, -0.1) is 0 Å². The number of ether oxygens (including phenoxy) is 1. The van der Waals surface area contributed by atoms with E-state index in [1.165, 1.54) is 32.2 Å². The lowest BCUT2D eigenvalue weighted by Gasteiger charge is -2.13. The average molecular weight is 344 g/mol. The number of aliphatic carboxylic acids is 1. The Bertz CT molecular complexity index is 687. The number of carbonyl (C=O) groups is 2. The molecule has 0 spiro atoms. The Morgan fingerprint density at radius 3 is 2.57 bits per heavy atom. The summed E-state index contributed by atoms with van der Waals surface area (Å²) in [5.74, 6) is -1.83. The number of rotatable bonds is 8. The standard InChI is InChI=1S/C14H20N2O6S/c1-9-4-5-11(23(20,21)15-6-7-22-3)8-12(9)13(17)16-10(2)14(18)19/h4-5,8,10,15H,6-7H2,1-3H3,(H,16,17)(H,18,19). The minimum atomic E-state index is -3.78. The normalized spacial score (nSPS) is 12.7. The van der Waals surface area contributed by atoms with Gasteiger partial charge in [-0.3, -0.25) is 9.59 Å². The van der Waals surface area contributed by atoms with E-state index in [1.807, 2.05) is 0 Å². The summed E-state index contributed by atoms with van der Waals surface area (Å²) in [6, 6.07) is 3.00. The first kappa shape index (κ1) is 19.1. The topological polar surface area (TPSA) is 122 Å². The summed E-state index contributed by atoms with van der Waals surface area (Å²) in [7, 11) is -2.33. The molecule has 1 unspecified atom stereocenters. The predicted molar refractivity (Wildman–Crippen MR) is 82.8 cm³/mol. The number of methoxy groups -OCH3 is 1. The fraction of sp³-hybridized carbons (Fsp3) is 0.429. The van der Waals surface area contributed by atoms with E-state index < -0.39 is 27.9 Å². The van der Waals surface area contributed by atoms with E-state index in [0.29, 0.717) is 5.56 Å². The fourth-order valence-electron chi connectivity index (χ4n) is 1.71. The second-order valence-electron chi connectivity index (χ2n) is 4.90. The van der Waals surface area contributed by atoms with E-state index in [-0.39, 0.29) is 23.6 Å². The van der Waals surface area contributed by atoms with Gasteiger partial charge in [0.1, 0.15) is 6.04 Å². The van der Waals surface area contributed by atoms with Crippen LogP contribution in [0.25, 0.3) is 0 Å². The van der Waals surface area contributed by atoms with Gasteiger partial charge >= 0.3 is 5.97 Å². The second-order valence-corrected chi connectivity index (χ2v) is 6.67. The van der Waals surface area contributed by atoms with Crippen LogP contribution in [0.2, 0.25) is 0 Å². The van der Waals surface area contributed by atoms with Gasteiger partial charge in [0.15, 0.2) is 0 Å². The number of carboxylic acids is 1. The molecule has 0 aliphatic heterocycles. The van der Waals surface area contributed by atoms with Gasteiger partial charge < -0.3 is 15.2 Å². The molecule has 128 valence electrons. The first-order chi connectivity index (χ1) is 10.7. The third-order valence-corrected chi connectivity index (χ3v) is 4.54. The van der Waals surface area contributed by atoms with Crippen molar-refractivity contribution in [3.63, 3.8) is 0 Å². The molecule has 0 radical (unpaired) electrons. The van der Waals surface area contributed by atoms with Crippen LogP contribution in [0, 0.1) is 6.92 Å². The van der Waals surface area contributed by atoms with Gasteiger partial charge in [-0.25, -0.2) is 13.1 Å². The number of benzene rings is 1. The molecule has 0 saturated carbocycles. The quantitative estimate of drug-likeness (QED) is 0.576. The zero-order valence-corrected chi connectivity index (χ0v) is 13.9. The molecule has 0 heterocycles. The van der Waals surface area contributed by atoms with Gasteiger partial charge in [-0.1, -0.05) is 6.07 Å². The molecule has 9 heteroatoms. The number of carbonyl (C=O) groups excluding carboxylic acids is 1. The van der Waals surface area contributed by atoms with Crippen molar-refractivity contribution in [1.82, 2.24) is 10.0 Å². The maximum Gasteiger partial charge on any atom is 0.325 e. The SMILES string of the molecule is COCCNS(=O)(=O)c1ccc(C)c(C(=O)NC(C)C(=O)O)c1. The first-order valence-electron chi connectivity index (χ1n) is 6.82. The third kappa shape index (κ3) is 5.31. The van der Waals surface area contributed by atoms with Gasteiger partial charge in [0.2, 0.25) is 10.0 Å².